The second-order valence-corrected chi connectivity index (χ2v) is 9.23. The summed E-state index contributed by atoms with van der Waals surface area (Å²) in [5, 5.41) is 4.62. The molecule has 0 bridgehead atoms. The molecule has 1 aromatic carbocycles. The molecule has 1 saturated carbocycles. The van der Waals surface area contributed by atoms with Gasteiger partial charge in [0.1, 0.15) is 9.77 Å². The van der Waals surface area contributed by atoms with Crippen molar-refractivity contribution < 1.29 is 13.2 Å². The van der Waals surface area contributed by atoms with E-state index in [2.05, 4.69) is 5.32 Å². The first kappa shape index (κ1) is 17.9. The van der Waals surface area contributed by atoms with Crippen LogP contribution in [0.3, 0.4) is 0 Å². The van der Waals surface area contributed by atoms with Crippen LogP contribution in [-0.2, 0) is 10.0 Å². The molecule has 3 rings (SSSR count). The van der Waals surface area contributed by atoms with Crippen LogP contribution in [0.2, 0.25) is 0 Å². The summed E-state index contributed by atoms with van der Waals surface area (Å²) in [4.78, 5) is 12.9. The first-order valence-corrected chi connectivity index (χ1v) is 10.7. The largest absolute Gasteiger partial charge is 0.349 e. The van der Waals surface area contributed by atoms with Crippen molar-refractivity contribution in [1.29, 1.82) is 0 Å². The second kappa shape index (κ2) is 7.17. The number of thiophene rings is 1. The molecule has 1 aliphatic rings. The van der Waals surface area contributed by atoms with Gasteiger partial charge in [0, 0.05) is 13.1 Å². The van der Waals surface area contributed by atoms with Gasteiger partial charge in [-0.2, -0.15) is 0 Å². The van der Waals surface area contributed by atoms with Crippen molar-refractivity contribution in [2.45, 2.75) is 43.5 Å². The highest BCUT2D eigenvalue weighted by Gasteiger charge is 2.29. The third-order valence-electron chi connectivity index (χ3n) is 4.56. The minimum atomic E-state index is -3.79. The number of rotatable bonds is 5. The summed E-state index contributed by atoms with van der Waals surface area (Å²) in [5.41, 5.74) is 1.63. The summed E-state index contributed by atoms with van der Waals surface area (Å²) in [6.07, 6.45) is 4.14. The Morgan fingerprint density at radius 3 is 2.44 bits per heavy atom. The molecule has 0 atom stereocenters. The highest BCUT2D eigenvalue weighted by atomic mass is 32.2. The first-order valence-electron chi connectivity index (χ1n) is 8.33. The van der Waals surface area contributed by atoms with Gasteiger partial charge in [0.2, 0.25) is 0 Å². The standard InChI is InChI=1S/C18H22N2O3S2/c1-13-7-9-15(10-8-13)20(2)25(22,23)16-11-12-24-17(16)18(21)19-14-5-3-4-6-14/h7-12,14H,3-6H2,1-2H3,(H,19,21). The molecule has 1 N–H and O–H groups in total. The summed E-state index contributed by atoms with van der Waals surface area (Å²) in [7, 11) is -2.28. The molecule has 1 aromatic heterocycles. The molecule has 1 amide bonds. The molecule has 25 heavy (non-hydrogen) atoms. The Bertz CT molecular complexity index is 851. The van der Waals surface area contributed by atoms with Crippen LogP contribution in [0, 0.1) is 6.92 Å². The lowest BCUT2D eigenvalue weighted by atomic mass is 10.2. The van der Waals surface area contributed by atoms with Gasteiger partial charge >= 0.3 is 0 Å². The third kappa shape index (κ3) is 3.72. The predicted molar refractivity (Wildman–Crippen MR) is 101 cm³/mol. The molecule has 1 aliphatic carbocycles. The Hall–Kier alpha value is -1.86. The molecule has 0 aliphatic heterocycles. The maximum atomic E-state index is 13.0. The topological polar surface area (TPSA) is 66.5 Å². The fourth-order valence-electron chi connectivity index (χ4n) is 3.03. The zero-order valence-electron chi connectivity index (χ0n) is 14.4. The van der Waals surface area contributed by atoms with E-state index in [9.17, 15) is 13.2 Å². The summed E-state index contributed by atoms with van der Waals surface area (Å²) in [5.74, 6) is -0.294. The Balaban J connectivity index is 1.86. The molecule has 7 heteroatoms. The average Bonchev–Trinajstić information content (AvgIpc) is 3.26. The van der Waals surface area contributed by atoms with Gasteiger partial charge in [-0.05, 0) is 43.3 Å². The van der Waals surface area contributed by atoms with Crippen molar-refractivity contribution in [3.05, 3.63) is 46.2 Å². The highest BCUT2D eigenvalue weighted by Crippen LogP contribution is 2.28. The van der Waals surface area contributed by atoms with Crippen LogP contribution < -0.4 is 9.62 Å². The zero-order chi connectivity index (χ0) is 18.0. The number of nitrogens with one attached hydrogen (secondary N) is 1. The molecular weight excluding hydrogens is 356 g/mol. The number of hydrogen-bond acceptors (Lipinski definition) is 4. The number of carbonyl (C=O) groups excluding carboxylic acids is 1. The second-order valence-electron chi connectivity index (χ2n) is 6.38. The molecule has 2 aromatic rings. The number of hydrogen-bond donors (Lipinski definition) is 1. The van der Waals surface area contributed by atoms with E-state index in [1.54, 1.807) is 17.5 Å². The molecule has 1 heterocycles. The quantitative estimate of drug-likeness (QED) is 0.865. The normalized spacial score (nSPS) is 15.3. The van der Waals surface area contributed by atoms with Crippen molar-refractivity contribution in [3.63, 3.8) is 0 Å². The van der Waals surface area contributed by atoms with E-state index in [0.717, 1.165) is 31.2 Å². The molecule has 0 saturated heterocycles. The summed E-state index contributed by atoms with van der Waals surface area (Å²) in [6.45, 7) is 1.95. The van der Waals surface area contributed by atoms with E-state index < -0.39 is 10.0 Å². The van der Waals surface area contributed by atoms with Crippen LogP contribution in [0.5, 0.6) is 0 Å². The molecule has 5 nitrogen and oxygen atoms in total. The third-order valence-corrected chi connectivity index (χ3v) is 7.43. The van der Waals surface area contributed by atoms with E-state index in [4.69, 9.17) is 0 Å². The van der Waals surface area contributed by atoms with Crippen molar-refractivity contribution in [2.24, 2.45) is 0 Å². The van der Waals surface area contributed by atoms with Crippen LogP contribution in [0.25, 0.3) is 0 Å². The van der Waals surface area contributed by atoms with Gasteiger partial charge in [0.15, 0.2) is 0 Å². The van der Waals surface area contributed by atoms with Crippen molar-refractivity contribution >= 4 is 33.0 Å². The van der Waals surface area contributed by atoms with Gasteiger partial charge in [0.25, 0.3) is 15.9 Å². The Morgan fingerprint density at radius 1 is 1.16 bits per heavy atom. The van der Waals surface area contributed by atoms with Crippen LogP contribution in [0.4, 0.5) is 5.69 Å². The zero-order valence-corrected chi connectivity index (χ0v) is 16.0. The minimum absolute atomic E-state index is 0.0658. The minimum Gasteiger partial charge on any atom is -0.349 e. The lowest BCUT2D eigenvalue weighted by molar-refractivity contribution is 0.0939. The van der Waals surface area contributed by atoms with E-state index in [1.165, 1.54) is 28.8 Å². The Kier molecular flexibility index (Phi) is 5.15. The van der Waals surface area contributed by atoms with Crippen molar-refractivity contribution in [3.8, 4) is 0 Å². The number of sulfonamides is 1. The number of anilines is 1. The Morgan fingerprint density at radius 2 is 1.80 bits per heavy atom. The number of nitrogens with zero attached hydrogens (tertiary/aromatic N) is 1. The molecular formula is C18H22N2O3S2. The lowest BCUT2D eigenvalue weighted by Crippen LogP contribution is -2.34. The maximum Gasteiger partial charge on any atom is 0.265 e. The first-order chi connectivity index (χ1) is 11.9. The van der Waals surface area contributed by atoms with Gasteiger partial charge in [-0.25, -0.2) is 8.42 Å². The van der Waals surface area contributed by atoms with Crippen molar-refractivity contribution in [2.75, 3.05) is 11.4 Å². The van der Waals surface area contributed by atoms with E-state index in [-0.39, 0.29) is 21.7 Å². The molecule has 1 fully saturated rings. The monoisotopic (exact) mass is 378 g/mol. The Labute approximate surface area is 152 Å². The highest BCUT2D eigenvalue weighted by molar-refractivity contribution is 7.93. The number of aryl methyl sites for hydroxylation is 1. The number of amides is 1. The van der Waals surface area contributed by atoms with Crippen LogP contribution in [0.1, 0.15) is 40.9 Å². The summed E-state index contributed by atoms with van der Waals surface area (Å²) in [6, 6.07) is 8.91. The molecule has 134 valence electrons. The summed E-state index contributed by atoms with van der Waals surface area (Å²) < 4.78 is 27.2. The van der Waals surface area contributed by atoms with Gasteiger partial charge in [0.05, 0.1) is 5.69 Å². The van der Waals surface area contributed by atoms with E-state index in [0.29, 0.717) is 5.69 Å². The lowest BCUT2D eigenvalue weighted by Gasteiger charge is -2.20. The van der Waals surface area contributed by atoms with Crippen LogP contribution >= 0.6 is 11.3 Å². The number of carbonyl (C=O) groups is 1. The fourth-order valence-corrected chi connectivity index (χ4v) is 5.53. The van der Waals surface area contributed by atoms with E-state index in [1.807, 2.05) is 19.1 Å². The maximum absolute atomic E-state index is 13.0. The van der Waals surface area contributed by atoms with Crippen molar-refractivity contribution in [1.82, 2.24) is 5.32 Å². The predicted octanol–water partition coefficient (Wildman–Crippen LogP) is 3.55. The molecule has 0 spiro atoms. The van der Waals surface area contributed by atoms with Gasteiger partial charge in [-0.3, -0.25) is 9.10 Å². The SMILES string of the molecule is Cc1ccc(N(C)S(=O)(=O)c2ccsc2C(=O)NC2CCCC2)cc1. The van der Waals surface area contributed by atoms with Gasteiger partial charge in [-0.1, -0.05) is 30.5 Å². The van der Waals surface area contributed by atoms with Crippen LogP contribution in [0.15, 0.2) is 40.6 Å². The average molecular weight is 379 g/mol. The van der Waals surface area contributed by atoms with E-state index >= 15 is 0 Å². The smallest absolute Gasteiger partial charge is 0.265 e. The van der Waals surface area contributed by atoms with Gasteiger partial charge in [-0.15, -0.1) is 11.3 Å². The summed E-state index contributed by atoms with van der Waals surface area (Å²) >= 11 is 1.17. The molecule has 0 radical (unpaired) electrons. The van der Waals surface area contributed by atoms with Gasteiger partial charge < -0.3 is 5.32 Å². The van der Waals surface area contributed by atoms with Crippen LogP contribution in [-0.4, -0.2) is 27.4 Å². The molecule has 0 unspecified atom stereocenters. The fraction of sp³-hybridized carbons (Fsp3) is 0.389. The number of benzene rings is 1.